The first-order chi connectivity index (χ1) is 12.8. The molecule has 0 spiro atoms. The van der Waals surface area contributed by atoms with Crippen LogP contribution in [0.1, 0.15) is 33.1 Å². The lowest BCUT2D eigenvalue weighted by molar-refractivity contribution is 0.0834. The zero-order chi connectivity index (χ0) is 19.9. The number of hydrogen-bond donors (Lipinski definition) is 3. The van der Waals surface area contributed by atoms with Gasteiger partial charge in [-0.1, -0.05) is 12.2 Å². The number of allylic oxidation sites excluding steroid dienone is 2. The van der Waals surface area contributed by atoms with Crippen LogP contribution in [0.4, 0.5) is 4.79 Å². The van der Waals surface area contributed by atoms with Crippen molar-refractivity contribution >= 4 is 22.1 Å². The number of amides is 2. The second kappa shape index (κ2) is 9.75. The third kappa shape index (κ3) is 6.24. The Morgan fingerprint density at radius 3 is 3.00 bits per heavy atom. The molecule has 2 aliphatic heterocycles. The largest absolute Gasteiger partial charge is 0.495 e. The van der Waals surface area contributed by atoms with E-state index in [4.69, 9.17) is 10.5 Å². The van der Waals surface area contributed by atoms with Crippen molar-refractivity contribution in [3.05, 3.63) is 24.0 Å². The Morgan fingerprint density at radius 2 is 2.26 bits per heavy atom. The number of nitrogens with one attached hydrogen (secondary N) is 2. The Hall–Kier alpha value is -2.07. The molecule has 1 fully saturated rings. The predicted octanol–water partition coefficient (Wildman–Crippen LogP) is 0.868. The van der Waals surface area contributed by atoms with Crippen LogP contribution in [-0.2, 0) is 14.9 Å². The highest BCUT2D eigenvalue weighted by molar-refractivity contribution is 7.88. The van der Waals surface area contributed by atoms with E-state index in [2.05, 4.69) is 14.4 Å². The van der Waals surface area contributed by atoms with Gasteiger partial charge < -0.3 is 20.7 Å². The maximum Gasteiger partial charge on any atom is 0.321 e. The Kier molecular flexibility index (Phi) is 7.66. The molecule has 0 saturated carbocycles. The lowest BCUT2D eigenvalue weighted by Crippen LogP contribution is -2.50. The molecule has 4 N–H and O–H groups in total. The molecule has 0 radical (unpaired) electrons. The Morgan fingerprint density at radius 1 is 1.48 bits per heavy atom. The van der Waals surface area contributed by atoms with Crippen molar-refractivity contribution in [2.24, 2.45) is 16.0 Å². The van der Waals surface area contributed by atoms with Crippen LogP contribution >= 0.6 is 0 Å². The molecular weight excluding hydrogens is 370 g/mol. The normalized spacial score (nSPS) is 29.0. The van der Waals surface area contributed by atoms with Crippen LogP contribution in [0.25, 0.3) is 0 Å². The van der Waals surface area contributed by atoms with Crippen molar-refractivity contribution in [1.82, 2.24) is 14.9 Å². The van der Waals surface area contributed by atoms with Crippen molar-refractivity contribution in [2.75, 3.05) is 26.2 Å². The molecule has 2 aliphatic rings. The van der Waals surface area contributed by atoms with E-state index < -0.39 is 16.1 Å². The summed E-state index contributed by atoms with van der Waals surface area (Å²) in [7, 11) is -3.83. The van der Waals surface area contributed by atoms with E-state index in [1.807, 2.05) is 6.92 Å². The summed E-state index contributed by atoms with van der Waals surface area (Å²) in [6.07, 6.45) is 8.00. The topological polar surface area (TPSA) is 126 Å². The highest BCUT2D eigenvalue weighted by atomic mass is 32.2. The summed E-state index contributed by atoms with van der Waals surface area (Å²) in [5.74, 6) is -0.0369. The molecule has 10 heteroatoms. The van der Waals surface area contributed by atoms with Crippen LogP contribution < -0.4 is 15.8 Å². The average molecular weight is 400 g/mol. The second-order valence-corrected chi connectivity index (χ2v) is 7.97. The third-order valence-corrected chi connectivity index (χ3v) is 5.52. The van der Waals surface area contributed by atoms with Gasteiger partial charge in [-0.2, -0.15) is 13.1 Å². The first-order valence-electron chi connectivity index (χ1n) is 9.23. The van der Waals surface area contributed by atoms with Gasteiger partial charge in [-0.25, -0.2) is 4.79 Å². The first-order valence-corrected chi connectivity index (χ1v) is 10.7. The number of nitrogens with two attached hydrogens (primary N) is 1. The van der Waals surface area contributed by atoms with Gasteiger partial charge in [0.1, 0.15) is 18.2 Å². The molecular formula is C17H29N5O4S. The minimum absolute atomic E-state index is 0.0404. The molecule has 2 atom stereocenters. The van der Waals surface area contributed by atoms with Gasteiger partial charge in [0.05, 0.1) is 12.0 Å². The molecule has 0 aromatic heterocycles. The van der Waals surface area contributed by atoms with Crippen molar-refractivity contribution in [2.45, 2.75) is 39.2 Å². The monoisotopic (exact) mass is 399 g/mol. The molecule has 1 saturated heterocycles. The summed E-state index contributed by atoms with van der Waals surface area (Å²) >= 11 is 0. The van der Waals surface area contributed by atoms with Crippen LogP contribution in [0.5, 0.6) is 0 Å². The fraction of sp³-hybridized carbons (Fsp3) is 0.647. The van der Waals surface area contributed by atoms with Gasteiger partial charge in [0.15, 0.2) is 0 Å². The van der Waals surface area contributed by atoms with Crippen molar-refractivity contribution < 1.29 is 17.9 Å². The second-order valence-electron chi connectivity index (χ2n) is 6.55. The van der Waals surface area contributed by atoms with Crippen molar-refractivity contribution in [3.8, 4) is 0 Å². The van der Waals surface area contributed by atoms with Crippen LogP contribution in [0.15, 0.2) is 28.4 Å². The molecule has 27 heavy (non-hydrogen) atoms. The number of likely N-dealkylation sites (tertiary alicyclic amines) is 1. The zero-order valence-electron chi connectivity index (χ0n) is 15.8. The molecule has 2 heterocycles. The fourth-order valence-electron chi connectivity index (χ4n) is 2.98. The SMILES string of the molecule is CCNC(=O)N1CCCCC1CO/C1=C/C=C\CNS(=O)(=O)N=C(N)C1C. The van der Waals surface area contributed by atoms with Gasteiger partial charge in [-0.15, -0.1) is 4.40 Å². The lowest BCUT2D eigenvalue weighted by Gasteiger charge is -2.36. The standard InChI is InChI=1S/C17H29N5O4S/c1-3-19-17(23)22-11-7-5-8-14(22)12-26-15-9-4-6-10-20-27(24,25)21-16(18)13(15)2/h4,6,9,13-14,20H,3,5,7-8,10-12H2,1-2H3,(H2,18,21)(H,19,23)/b6-4-,15-9+. The number of nitrogens with zero attached hydrogens (tertiary/aromatic N) is 2. The van der Waals surface area contributed by atoms with E-state index in [1.54, 1.807) is 30.1 Å². The summed E-state index contributed by atoms with van der Waals surface area (Å²) in [4.78, 5) is 14.1. The Labute approximate surface area is 160 Å². The van der Waals surface area contributed by atoms with Crippen LogP contribution in [0.3, 0.4) is 0 Å². The van der Waals surface area contributed by atoms with E-state index in [1.165, 1.54) is 0 Å². The third-order valence-electron chi connectivity index (χ3n) is 4.53. The van der Waals surface area contributed by atoms with E-state index in [-0.39, 0.29) is 24.5 Å². The van der Waals surface area contributed by atoms with Crippen molar-refractivity contribution in [3.63, 3.8) is 0 Å². The number of rotatable bonds is 4. The summed E-state index contributed by atoms with van der Waals surface area (Å²) in [6, 6.07) is -0.127. The molecule has 0 bridgehead atoms. The Balaban J connectivity index is 2.12. The minimum Gasteiger partial charge on any atom is -0.495 e. The van der Waals surface area contributed by atoms with Gasteiger partial charge in [0, 0.05) is 19.6 Å². The van der Waals surface area contributed by atoms with Gasteiger partial charge in [-0.05, 0) is 39.2 Å². The van der Waals surface area contributed by atoms with Crippen molar-refractivity contribution in [1.29, 1.82) is 0 Å². The number of hydrogen-bond acceptors (Lipinski definition) is 5. The summed E-state index contributed by atoms with van der Waals surface area (Å²) in [6.45, 7) is 5.33. The van der Waals surface area contributed by atoms with E-state index in [0.29, 0.717) is 25.5 Å². The number of carbonyl (C=O) groups is 1. The first kappa shape index (κ1) is 21.2. The number of piperidine rings is 1. The smallest absolute Gasteiger partial charge is 0.321 e. The highest BCUT2D eigenvalue weighted by Crippen LogP contribution is 2.21. The van der Waals surface area contributed by atoms with Crippen LogP contribution in [-0.4, -0.2) is 57.5 Å². The molecule has 2 rings (SSSR count). The minimum atomic E-state index is -3.83. The summed E-state index contributed by atoms with van der Waals surface area (Å²) in [5, 5.41) is 2.83. The summed E-state index contributed by atoms with van der Waals surface area (Å²) in [5.41, 5.74) is 5.87. The maximum atomic E-state index is 12.3. The predicted molar refractivity (Wildman–Crippen MR) is 104 cm³/mol. The van der Waals surface area contributed by atoms with E-state index >= 15 is 0 Å². The molecule has 152 valence electrons. The number of carbonyl (C=O) groups excluding carboxylic acids is 1. The lowest BCUT2D eigenvalue weighted by atomic mass is 10.0. The van der Waals surface area contributed by atoms with E-state index in [0.717, 1.165) is 19.3 Å². The van der Waals surface area contributed by atoms with Gasteiger partial charge >= 0.3 is 16.2 Å². The van der Waals surface area contributed by atoms with Crippen LogP contribution in [0, 0.1) is 5.92 Å². The molecule has 2 unspecified atom stereocenters. The highest BCUT2D eigenvalue weighted by Gasteiger charge is 2.28. The molecule has 9 nitrogen and oxygen atoms in total. The van der Waals surface area contributed by atoms with Gasteiger partial charge in [0.2, 0.25) is 0 Å². The van der Waals surface area contributed by atoms with Gasteiger partial charge in [0.25, 0.3) is 0 Å². The van der Waals surface area contributed by atoms with Crippen LogP contribution in [0.2, 0.25) is 0 Å². The summed E-state index contributed by atoms with van der Waals surface area (Å²) < 4.78 is 35.5. The van der Waals surface area contributed by atoms with E-state index in [9.17, 15) is 13.2 Å². The number of amidine groups is 1. The maximum absolute atomic E-state index is 12.3. The Bertz CT molecular complexity index is 717. The number of urea groups is 1. The molecule has 0 aromatic rings. The molecule has 0 aromatic carbocycles. The fourth-order valence-corrected chi connectivity index (χ4v) is 3.79. The quantitative estimate of drug-likeness (QED) is 0.647. The van der Waals surface area contributed by atoms with Gasteiger partial charge in [-0.3, -0.25) is 0 Å². The average Bonchev–Trinajstić information content (AvgIpc) is 2.62. The number of ether oxygens (including phenoxy) is 1. The zero-order valence-corrected chi connectivity index (χ0v) is 16.7. The molecule has 0 aliphatic carbocycles. The molecule has 2 amide bonds.